The largest absolute Gasteiger partial charge is 0.389 e. The molecule has 0 radical (unpaired) electrons. The molecule has 1 aromatic rings. The lowest BCUT2D eigenvalue weighted by Crippen LogP contribution is -2.14. The van der Waals surface area contributed by atoms with Crippen LogP contribution < -0.4 is 5.32 Å². The molecule has 0 aliphatic rings. The van der Waals surface area contributed by atoms with E-state index in [2.05, 4.69) is 18.8 Å². The minimum absolute atomic E-state index is 0.147. The highest BCUT2D eigenvalue weighted by molar-refractivity contribution is 5.26. The van der Waals surface area contributed by atoms with Gasteiger partial charge in [0.2, 0.25) is 0 Å². The molecule has 0 spiro atoms. The van der Waals surface area contributed by atoms with Gasteiger partial charge in [-0.25, -0.2) is 4.39 Å². The van der Waals surface area contributed by atoms with E-state index in [-0.39, 0.29) is 5.82 Å². The van der Waals surface area contributed by atoms with Crippen molar-refractivity contribution in [1.82, 2.24) is 5.32 Å². The lowest BCUT2D eigenvalue weighted by atomic mass is 10.1. The fourth-order valence-corrected chi connectivity index (χ4v) is 1.43. The number of halogens is 1. The molecule has 0 amide bonds. The third-order valence-corrected chi connectivity index (χ3v) is 2.26. The summed E-state index contributed by atoms with van der Waals surface area (Å²) in [6.45, 7) is 8.77. The van der Waals surface area contributed by atoms with Gasteiger partial charge in [0.1, 0.15) is 5.82 Å². The van der Waals surface area contributed by atoms with Crippen molar-refractivity contribution < 1.29 is 4.39 Å². The predicted molar refractivity (Wildman–Crippen MR) is 62.3 cm³/mol. The summed E-state index contributed by atoms with van der Waals surface area (Å²) in [5, 5.41) is 3.23. The number of hydrogen-bond donors (Lipinski definition) is 1. The SMILES string of the molecule is C=C(Cc1ccc(F)c(C)c1)NCCC. The zero-order valence-corrected chi connectivity index (χ0v) is 9.44. The molecule has 1 aromatic carbocycles. The van der Waals surface area contributed by atoms with E-state index in [1.165, 1.54) is 6.07 Å². The molecule has 82 valence electrons. The Balaban J connectivity index is 2.57. The third-order valence-electron chi connectivity index (χ3n) is 2.26. The standard InChI is InChI=1S/C13H18FN/c1-4-7-15-11(3)9-12-5-6-13(14)10(2)8-12/h5-6,8,15H,3-4,7,9H2,1-2H3. The Morgan fingerprint density at radius 1 is 1.47 bits per heavy atom. The van der Waals surface area contributed by atoms with E-state index in [0.29, 0.717) is 5.56 Å². The minimum atomic E-state index is -0.147. The molecule has 0 aliphatic heterocycles. The number of aryl methyl sites for hydroxylation is 1. The van der Waals surface area contributed by atoms with Crippen LogP contribution in [0.3, 0.4) is 0 Å². The summed E-state index contributed by atoms with van der Waals surface area (Å²) in [7, 11) is 0. The second-order valence-electron chi connectivity index (χ2n) is 3.79. The normalized spacial score (nSPS) is 10.1. The fourth-order valence-electron chi connectivity index (χ4n) is 1.43. The molecule has 0 unspecified atom stereocenters. The van der Waals surface area contributed by atoms with E-state index < -0.39 is 0 Å². The van der Waals surface area contributed by atoms with Crippen LogP contribution in [-0.4, -0.2) is 6.54 Å². The van der Waals surface area contributed by atoms with Gasteiger partial charge in [-0.05, 0) is 30.5 Å². The molecule has 0 fully saturated rings. The van der Waals surface area contributed by atoms with Gasteiger partial charge in [0.15, 0.2) is 0 Å². The quantitative estimate of drug-likeness (QED) is 0.782. The van der Waals surface area contributed by atoms with Crippen molar-refractivity contribution in [2.75, 3.05) is 6.54 Å². The summed E-state index contributed by atoms with van der Waals surface area (Å²) in [6.07, 6.45) is 1.85. The summed E-state index contributed by atoms with van der Waals surface area (Å²) in [6, 6.07) is 5.19. The van der Waals surface area contributed by atoms with E-state index in [4.69, 9.17) is 0 Å². The van der Waals surface area contributed by atoms with E-state index in [1.807, 2.05) is 6.07 Å². The number of nitrogens with one attached hydrogen (secondary N) is 1. The Bertz CT molecular complexity index is 344. The van der Waals surface area contributed by atoms with Gasteiger partial charge < -0.3 is 5.32 Å². The molecular formula is C13H18FN. The van der Waals surface area contributed by atoms with E-state index in [0.717, 1.165) is 30.6 Å². The minimum Gasteiger partial charge on any atom is -0.389 e. The highest BCUT2D eigenvalue weighted by Gasteiger charge is 2.00. The lowest BCUT2D eigenvalue weighted by molar-refractivity contribution is 0.617. The smallest absolute Gasteiger partial charge is 0.126 e. The van der Waals surface area contributed by atoms with Gasteiger partial charge in [0, 0.05) is 18.7 Å². The second kappa shape index (κ2) is 5.54. The molecule has 0 saturated carbocycles. The van der Waals surface area contributed by atoms with Crippen LogP contribution in [-0.2, 0) is 6.42 Å². The maximum Gasteiger partial charge on any atom is 0.126 e. The molecule has 0 aromatic heterocycles. The van der Waals surface area contributed by atoms with E-state index in [1.54, 1.807) is 13.0 Å². The average Bonchev–Trinajstić information content (AvgIpc) is 2.20. The van der Waals surface area contributed by atoms with Crippen LogP contribution in [0.15, 0.2) is 30.5 Å². The van der Waals surface area contributed by atoms with Crippen molar-refractivity contribution in [3.63, 3.8) is 0 Å². The number of allylic oxidation sites excluding steroid dienone is 1. The van der Waals surface area contributed by atoms with Crippen LogP contribution in [0.5, 0.6) is 0 Å². The fraction of sp³-hybridized carbons (Fsp3) is 0.385. The molecule has 0 heterocycles. The van der Waals surface area contributed by atoms with Crippen molar-refractivity contribution in [2.45, 2.75) is 26.7 Å². The van der Waals surface area contributed by atoms with Gasteiger partial charge in [-0.2, -0.15) is 0 Å². The molecule has 2 heteroatoms. The van der Waals surface area contributed by atoms with Crippen molar-refractivity contribution in [3.8, 4) is 0 Å². The highest BCUT2D eigenvalue weighted by Crippen LogP contribution is 2.11. The average molecular weight is 207 g/mol. The molecule has 1 rings (SSSR count). The third kappa shape index (κ3) is 3.74. The number of benzene rings is 1. The molecule has 1 N–H and O–H groups in total. The number of rotatable bonds is 5. The monoisotopic (exact) mass is 207 g/mol. The molecule has 1 nitrogen and oxygen atoms in total. The van der Waals surface area contributed by atoms with Gasteiger partial charge in [-0.3, -0.25) is 0 Å². The molecule has 0 saturated heterocycles. The molecule has 0 atom stereocenters. The molecule has 0 bridgehead atoms. The maximum absolute atomic E-state index is 13.0. The van der Waals surface area contributed by atoms with Gasteiger partial charge >= 0.3 is 0 Å². The first kappa shape index (κ1) is 11.8. The second-order valence-corrected chi connectivity index (χ2v) is 3.79. The van der Waals surface area contributed by atoms with Crippen molar-refractivity contribution in [1.29, 1.82) is 0 Å². The van der Waals surface area contributed by atoms with Gasteiger partial charge in [0.05, 0.1) is 0 Å². The number of hydrogen-bond acceptors (Lipinski definition) is 1. The first-order valence-electron chi connectivity index (χ1n) is 5.30. The Morgan fingerprint density at radius 3 is 2.80 bits per heavy atom. The van der Waals surface area contributed by atoms with Crippen molar-refractivity contribution >= 4 is 0 Å². The summed E-state index contributed by atoms with van der Waals surface area (Å²) in [5.74, 6) is -0.147. The van der Waals surface area contributed by atoms with E-state index in [9.17, 15) is 4.39 Å². The Hall–Kier alpha value is -1.31. The first-order valence-corrected chi connectivity index (χ1v) is 5.30. The summed E-state index contributed by atoms with van der Waals surface area (Å²) in [4.78, 5) is 0. The van der Waals surface area contributed by atoms with Crippen LogP contribution in [0.1, 0.15) is 24.5 Å². The van der Waals surface area contributed by atoms with E-state index >= 15 is 0 Å². The van der Waals surface area contributed by atoms with Gasteiger partial charge in [-0.15, -0.1) is 0 Å². The van der Waals surface area contributed by atoms with Crippen LogP contribution in [0.4, 0.5) is 4.39 Å². The maximum atomic E-state index is 13.0. The van der Waals surface area contributed by atoms with Crippen molar-refractivity contribution in [2.24, 2.45) is 0 Å². The van der Waals surface area contributed by atoms with Gasteiger partial charge in [0.25, 0.3) is 0 Å². The van der Waals surface area contributed by atoms with Gasteiger partial charge in [-0.1, -0.05) is 25.6 Å². The summed E-state index contributed by atoms with van der Waals surface area (Å²) < 4.78 is 13.0. The zero-order valence-electron chi connectivity index (χ0n) is 9.44. The van der Waals surface area contributed by atoms with Crippen LogP contribution >= 0.6 is 0 Å². The zero-order chi connectivity index (χ0) is 11.3. The molecular weight excluding hydrogens is 189 g/mol. The Labute approximate surface area is 91.0 Å². The molecule has 15 heavy (non-hydrogen) atoms. The summed E-state index contributed by atoms with van der Waals surface area (Å²) in [5.41, 5.74) is 2.78. The van der Waals surface area contributed by atoms with Crippen LogP contribution in [0, 0.1) is 12.7 Å². The van der Waals surface area contributed by atoms with Crippen LogP contribution in [0.25, 0.3) is 0 Å². The van der Waals surface area contributed by atoms with Crippen molar-refractivity contribution in [3.05, 3.63) is 47.4 Å². The molecule has 0 aliphatic carbocycles. The first-order chi connectivity index (χ1) is 7.13. The predicted octanol–water partition coefficient (Wildman–Crippen LogP) is 3.19. The summed E-state index contributed by atoms with van der Waals surface area (Å²) >= 11 is 0. The highest BCUT2D eigenvalue weighted by atomic mass is 19.1. The lowest BCUT2D eigenvalue weighted by Gasteiger charge is -2.09. The van der Waals surface area contributed by atoms with Crippen LogP contribution in [0.2, 0.25) is 0 Å². The topological polar surface area (TPSA) is 12.0 Å². The Morgan fingerprint density at radius 2 is 2.20 bits per heavy atom. The Kier molecular flexibility index (Phi) is 4.35.